The molecule has 2 nitrogen and oxygen atoms in total. The summed E-state index contributed by atoms with van der Waals surface area (Å²) in [5.74, 6) is 0.864. The predicted molar refractivity (Wildman–Crippen MR) is 69.8 cm³/mol. The van der Waals surface area contributed by atoms with Crippen molar-refractivity contribution in [3.63, 3.8) is 0 Å². The predicted octanol–water partition coefficient (Wildman–Crippen LogP) is 3.24. The van der Waals surface area contributed by atoms with Gasteiger partial charge in [-0.2, -0.15) is 0 Å². The molecule has 2 saturated carbocycles. The van der Waals surface area contributed by atoms with Gasteiger partial charge in [0, 0.05) is 12.6 Å². The van der Waals surface area contributed by atoms with Crippen LogP contribution in [-0.2, 0) is 4.74 Å². The maximum Gasteiger partial charge on any atom is 0.0685 e. The van der Waals surface area contributed by atoms with Crippen molar-refractivity contribution in [2.75, 3.05) is 6.61 Å². The molecule has 3 aliphatic rings. The van der Waals surface area contributed by atoms with Gasteiger partial charge in [0.1, 0.15) is 0 Å². The molecule has 3 fully saturated rings. The second kappa shape index (κ2) is 4.24. The highest BCUT2D eigenvalue weighted by Crippen LogP contribution is 2.52. The minimum Gasteiger partial charge on any atom is -0.375 e. The standard InChI is InChI=1S/C15H27NO/c1-14(8-4-13(16)11-14)12-5-9-17-15(10-12)6-2-3-7-15/h12-13H,2-11,16H2,1H3. The first-order valence-corrected chi connectivity index (χ1v) is 7.52. The Balaban J connectivity index is 1.71. The highest BCUT2D eigenvalue weighted by molar-refractivity contribution is 4.99. The third-order valence-corrected chi connectivity index (χ3v) is 5.81. The van der Waals surface area contributed by atoms with Crippen LogP contribution in [0.15, 0.2) is 0 Å². The molecule has 98 valence electrons. The van der Waals surface area contributed by atoms with Crippen molar-refractivity contribution in [1.29, 1.82) is 0 Å². The van der Waals surface area contributed by atoms with Crippen molar-refractivity contribution >= 4 is 0 Å². The Hall–Kier alpha value is -0.0800. The highest BCUT2D eigenvalue weighted by Gasteiger charge is 2.47. The van der Waals surface area contributed by atoms with Crippen molar-refractivity contribution in [3.05, 3.63) is 0 Å². The lowest BCUT2D eigenvalue weighted by Crippen LogP contribution is -2.42. The smallest absolute Gasteiger partial charge is 0.0685 e. The van der Waals surface area contributed by atoms with Gasteiger partial charge in [-0.1, -0.05) is 19.8 Å². The summed E-state index contributed by atoms with van der Waals surface area (Å²) in [6.07, 6.45) is 11.8. The van der Waals surface area contributed by atoms with Crippen molar-refractivity contribution < 1.29 is 4.74 Å². The van der Waals surface area contributed by atoms with E-state index in [-0.39, 0.29) is 5.60 Å². The molecule has 17 heavy (non-hydrogen) atoms. The van der Waals surface area contributed by atoms with Crippen molar-refractivity contribution in [2.24, 2.45) is 17.1 Å². The SMILES string of the molecule is CC1(C2CCOC3(CCCC3)C2)CCC(N)C1. The Bertz CT molecular complexity index is 285. The maximum absolute atomic E-state index is 6.16. The first-order valence-electron chi connectivity index (χ1n) is 7.52. The first-order chi connectivity index (χ1) is 8.12. The molecular weight excluding hydrogens is 210 g/mol. The summed E-state index contributed by atoms with van der Waals surface area (Å²) < 4.78 is 6.16. The van der Waals surface area contributed by atoms with E-state index in [1.165, 1.54) is 57.8 Å². The Labute approximate surface area is 105 Å². The van der Waals surface area contributed by atoms with Crippen LogP contribution in [0.2, 0.25) is 0 Å². The summed E-state index contributed by atoms with van der Waals surface area (Å²) in [6.45, 7) is 3.48. The molecule has 0 aromatic carbocycles. The largest absolute Gasteiger partial charge is 0.375 e. The van der Waals surface area contributed by atoms with Gasteiger partial charge < -0.3 is 10.5 Å². The molecule has 3 unspecified atom stereocenters. The molecule has 1 spiro atoms. The van der Waals surface area contributed by atoms with E-state index in [9.17, 15) is 0 Å². The van der Waals surface area contributed by atoms with Crippen LogP contribution in [-0.4, -0.2) is 18.2 Å². The molecule has 2 N–H and O–H groups in total. The fourth-order valence-corrected chi connectivity index (χ4v) is 4.68. The van der Waals surface area contributed by atoms with E-state index in [0.717, 1.165) is 12.5 Å². The summed E-state index contributed by atoms with van der Waals surface area (Å²) in [4.78, 5) is 0. The topological polar surface area (TPSA) is 35.2 Å². The Morgan fingerprint density at radius 3 is 2.47 bits per heavy atom. The fourth-order valence-electron chi connectivity index (χ4n) is 4.68. The molecule has 0 aromatic rings. The molecule has 1 saturated heterocycles. The van der Waals surface area contributed by atoms with Crippen molar-refractivity contribution in [3.8, 4) is 0 Å². The molecule has 3 rings (SSSR count). The van der Waals surface area contributed by atoms with E-state index in [2.05, 4.69) is 6.92 Å². The molecule has 1 aliphatic heterocycles. The normalized spacial score (nSPS) is 45.5. The number of ether oxygens (including phenoxy) is 1. The van der Waals surface area contributed by atoms with Gasteiger partial charge in [-0.25, -0.2) is 0 Å². The van der Waals surface area contributed by atoms with Crippen LogP contribution in [0.1, 0.15) is 64.7 Å². The third kappa shape index (κ3) is 2.15. The Morgan fingerprint density at radius 1 is 1.06 bits per heavy atom. The number of nitrogens with two attached hydrogens (primary N) is 1. The van der Waals surface area contributed by atoms with Crippen LogP contribution >= 0.6 is 0 Å². The second-order valence-electron chi connectivity index (χ2n) is 7.09. The third-order valence-electron chi connectivity index (χ3n) is 5.81. The number of rotatable bonds is 1. The minimum absolute atomic E-state index is 0.276. The minimum atomic E-state index is 0.276. The van der Waals surface area contributed by atoms with Gasteiger partial charge in [0.05, 0.1) is 5.60 Å². The quantitative estimate of drug-likeness (QED) is 0.760. The maximum atomic E-state index is 6.16. The van der Waals surface area contributed by atoms with Gasteiger partial charge in [-0.05, 0) is 56.3 Å². The summed E-state index contributed by atoms with van der Waals surface area (Å²) in [5, 5.41) is 0. The lowest BCUT2D eigenvalue weighted by Gasteiger charge is -2.45. The average molecular weight is 237 g/mol. The van der Waals surface area contributed by atoms with E-state index >= 15 is 0 Å². The van der Waals surface area contributed by atoms with E-state index in [1.54, 1.807) is 0 Å². The molecule has 2 heteroatoms. The van der Waals surface area contributed by atoms with Gasteiger partial charge >= 0.3 is 0 Å². The van der Waals surface area contributed by atoms with Crippen molar-refractivity contribution in [1.82, 2.24) is 0 Å². The molecule has 2 aliphatic carbocycles. The van der Waals surface area contributed by atoms with Crippen LogP contribution in [0, 0.1) is 11.3 Å². The van der Waals surface area contributed by atoms with Gasteiger partial charge in [-0.3, -0.25) is 0 Å². The first kappa shape index (κ1) is 12.0. The molecule has 0 radical (unpaired) electrons. The average Bonchev–Trinajstić information content (AvgIpc) is 2.88. The van der Waals surface area contributed by atoms with Gasteiger partial charge in [0.2, 0.25) is 0 Å². The van der Waals surface area contributed by atoms with Crippen LogP contribution < -0.4 is 5.73 Å². The van der Waals surface area contributed by atoms with Crippen LogP contribution in [0.4, 0.5) is 0 Å². The Morgan fingerprint density at radius 2 is 1.82 bits per heavy atom. The molecule has 1 heterocycles. The monoisotopic (exact) mass is 237 g/mol. The molecule has 3 atom stereocenters. The zero-order valence-corrected chi connectivity index (χ0v) is 11.2. The van der Waals surface area contributed by atoms with Gasteiger partial charge in [-0.15, -0.1) is 0 Å². The van der Waals surface area contributed by atoms with Crippen LogP contribution in [0.5, 0.6) is 0 Å². The zero-order chi connectivity index (χ0) is 11.9. The number of hydrogen-bond donors (Lipinski definition) is 1. The van der Waals surface area contributed by atoms with Crippen LogP contribution in [0.25, 0.3) is 0 Å². The highest BCUT2D eigenvalue weighted by atomic mass is 16.5. The summed E-state index contributed by atoms with van der Waals surface area (Å²) in [5.41, 5.74) is 6.92. The molecule has 0 aromatic heterocycles. The van der Waals surface area contributed by atoms with E-state index in [0.29, 0.717) is 11.5 Å². The Kier molecular flexibility index (Phi) is 2.99. The lowest BCUT2D eigenvalue weighted by molar-refractivity contribution is -0.113. The van der Waals surface area contributed by atoms with E-state index in [4.69, 9.17) is 10.5 Å². The molecule has 0 amide bonds. The summed E-state index contributed by atoms with van der Waals surface area (Å²) in [6, 6.07) is 0.461. The number of hydrogen-bond acceptors (Lipinski definition) is 2. The summed E-state index contributed by atoms with van der Waals surface area (Å²) >= 11 is 0. The van der Waals surface area contributed by atoms with Crippen LogP contribution in [0.3, 0.4) is 0 Å². The molecular formula is C15H27NO. The zero-order valence-electron chi connectivity index (χ0n) is 11.2. The fraction of sp³-hybridized carbons (Fsp3) is 1.00. The van der Waals surface area contributed by atoms with Crippen molar-refractivity contribution in [2.45, 2.75) is 76.4 Å². The van der Waals surface area contributed by atoms with Gasteiger partial charge in [0.25, 0.3) is 0 Å². The van der Waals surface area contributed by atoms with Gasteiger partial charge in [0.15, 0.2) is 0 Å². The van der Waals surface area contributed by atoms with E-state index < -0.39 is 0 Å². The summed E-state index contributed by atoms with van der Waals surface area (Å²) in [7, 11) is 0. The van der Waals surface area contributed by atoms with E-state index in [1.807, 2.05) is 0 Å². The lowest BCUT2D eigenvalue weighted by atomic mass is 9.68. The second-order valence-corrected chi connectivity index (χ2v) is 7.09. The molecule has 0 bridgehead atoms.